The van der Waals surface area contributed by atoms with Gasteiger partial charge in [-0.1, -0.05) is 31.2 Å². The van der Waals surface area contributed by atoms with Crippen molar-refractivity contribution in [1.29, 1.82) is 0 Å². The number of halogens is 1. The Labute approximate surface area is 185 Å². The number of anilines is 1. The second kappa shape index (κ2) is 8.98. The van der Waals surface area contributed by atoms with Crippen LogP contribution >= 0.6 is 0 Å². The van der Waals surface area contributed by atoms with E-state index in [1.807, 2.05) is 18.7 Å². The first-order valence-corrected chi connectivity index (χ1v) is 10.9. The highest BCUT2D eigenvalue weighted by molar-refractivity contribution is 5.82. The summed E-state index contributed by atoms with van der Waals surface area (Å²) in [7, 11) is 0. The molecule has 4 rings (SSSR count). The lowest BCUT2D eigenvalue weighted by Crippen LogP contribution is -2.51. The van der Waals surface area contributed by atoms with Crippen LogP contribution in [0.1, 0.15) is 26.3 Å². The number of rotatable bonds is 5. The van der Waals surface area contributed by atoms with Gasteiger partial charge in [-0.25, -0.2) is 9.18 Å². The molecule has 8 heteroatoms. The summed E-state index contributed by atoms with van der Waals surface area (Å²) in [5, 5.41) is 0.421. The lowest BCUT2D eigenvalue weighted by Gasteiger charge is -2.36. The summed E-state index contributed by atoms with van der Waals surface area (Å²) in [6.07, 6.45) is 0.624. The fourth-order valence-corrected chi connectivity index (χ4v) is 4.20. The molecule has 1 saturated heterocycles. The quantitative estimate of drug-likeness (QED) is 0.614. The van der Waals surface area contributed by atoms with Gasteiger partial charge in [0.05, 0.1) is 16.6 Å². The second-order valence-corrected chi connectivity index (χ2v) is 8.14. The first-order chi connectivity index (χ1) is 15.4. The fourth-order valence-electron chi connectivity index (χ4n) is 4.20. The normalized spacial score (nSPS) is 15.2. The molecule has 0 spiro atoms. The third-order valence-electron chi connectivity index (χ3n) is 6.23. The van der Waals surface area contributed by atoms with Gasteiger partial charge in [0.2, 0.25) is 5.91 Å². The van der Waals surface area contributed by atoms with E-state index >= 15 is 0 Å². The molecule has 0 bridgehead atoms. The maximum atomic E-state index is 14.1. The molecule has 0 radical (unpaired) electrons. The number of para-hydroxylation sites is 2. The Morgan fingerprint density at radius 1 is 1.00 bits per heavy atom. The summed E-state index contributed by atoms with van der Waals surface area (Å²) in [4.78, 5) is 42.8. The molecule has 1 fully saturated rings. The van der Waals surface area contributed by atoms with Gasteiger partial charge in [0.15, 0.2) is 0 Å². The Bertz CT molecular complexity index is 1260. The molecule has 0 saturated carbocycles. The molecular formula is C24H27FN4O3. The molecule has 1 amide bonds. The second-order valence-electron chi connectivity index (χ2n) is 8.14. The predicted octanol–water partition coefficient (Wildman–Crippen LogP) is 2.62. The maximum absolute atomic E-state index is 14.1. The summed E-state index contributed by atoms with van der Waals surface area (Å²) in [5.74, 6) is -0.475. The molecule has 2 aromatic carbocycles. The highest BCUT2D eigenvalue weighted by Crippen LogP contribution is 2.20. The maximum Gasteiger partial charge on any atom is 0.332 e. The number of carbonyl (C=O) groups excluding carboxylic acids is 1. The zero-order chi connectivity index (χ0) is 22.8. The van der Waals surface area contributed by atoms with Crippen LogP contribution < -0.4 is 16.1 Å². The number of carbonyl (C=O) groups is 1. The van der Waals surface area contributed by atoms with Crippen molar-refractivity contribution in [3.8, 4) is 0 Å². The lowest BCUT2D eigenvalue weighted by atomic mass is 10.2. The van der Waals surface area contributed by atoms with Crippen molar-refractivity contribution in [3.63, 3.8) is 0 Å². The summed E-state index contributed by atoms with van der Waals surface area (Å²) in [5.41, 5.74) is 0.186. The van der Waals surface area contributed by atoms with Gasteiger partial charge in [0.1, 0.15) is 12.4 Å². The molecule has 1 aromatic heterocycles. The third-order valence-corrected chi connectivity index (χ3v) is 6.23. The van der Waals surface area contributed by atoms with E-state index in [0.29, 0.717) is 49.2 Å². The topological polar surface area (TPSA) is 67.6 Å². The monoisotopic (exact) mass is 438 g/mol. The molecule has 7 nitrogen and oxygen atoms in total. The molecule has 1 atom stereocenters. The number of nitrogens with zero attached hydrogens (tertiary/aromatic N) is 4. The number of piperazine rings is 1. The highest BCUT2D eigenvalue weighted by Gasteiger charge is 2.24. The Morgan fingerprint density at radius 2 is 1.66 bits per heavy atom. The first-order valence-electron chi connectivity index (χ1n) is 10.9. The highest BCUT2D eigenvalue weighted by atomic mass is 19.1. The van der Waals surface area contributed by atoms with E-state index < -0.39 is 5.69 Å². The van der Waals surface area contributed by atoms with Crippen molar-refractivity contribution < 1.29 is 9.18 Å². The molecular weight excluding hydrogens is 411 g/mol. The van der Waals surface area contributed by atoms with Crippen LogP contribution in [0.15, 0.2) is 58.1 Å². The SMILES string of the molecule is CC[C@H](C)n1c(=O)c2ccccc2n(CC(=O)N2CCN(c3ccccc3F)CC2)c1=O. The van der Waals surface area contributed by atoms with Crippen LogP contribution in [-0.4, -0.2) is 46.1 Å². The van der Waals surface area contributed by atoms with E-state index in [9.17, 15) is 18.8 Å². The number of aromatic nitrogens is 2. The van der Waals surface area contributed by atoms with E-state index in [4.69, 9.17) is 0 Å². The zero-order valence-electron chi connectivity index (χ0n) is 18.3. The van der Waals surface area contributed by atoms with Gasteiger partial charge in [-0.15, -0.1) is 0 Å². The van der Waals surface area contributed by atoms with Gasteiger partial charge in [-0.3, -0.25) is 18.7 Å². The average Bonchev–Trinajstić information content (AvgIpc) is 2.82. The third kappa shape index (κ3) is 3.92. The first kappa shape index (κ1) is 21.8. The largest absolute Gasteiger partial charge is 0.366 e. The molecule has 32 heavy (non-hydrogen) atoms. The molecule has 0 aliphatic carbocycles. The lowest BCUT2D eigenvalue weighted by molar-refractivity contribution is -0.132. The van der Waals surface area contributed by atoms with Crippen LogP contribution in [0.4, 0.5) is 10.1 Å². The van der Waals surface area contributed by atoms with Gasteiger partial charge < -0.3 is 9.80 Å². The Balaban J connectivity index is 1.59. The van der Waals surface area contributed by atoms with Crippen molar-refractivity contribution in [2.45, 2.75) is 32.9 Å². The van der Waals surface area contributed by atoms with Gasteiger partial charge in [0.25, 0.3) is 5.56 Å². The fraction of sp³-hybridized carbons (Fsp3) is 0.375. The minimum Gasteiger partial charge on any atom is -0.366 e. The van der Waals surface area contributed by atoms with Crippen LogP contribution in [0, 0.1) is 5.82 Å². The summed E-state index contributed by atoms with van der Waals surface area (Å²) in [6.45, 7) is 5.48. The van der Waals surface area contributed by atoms with Gasteiger partial charge >= 0.3 is 5.69 Å². The number of amides is 1. The molecule has 1 aliphatic rings. The molecule has 0 unspecified atom stereocenters. The Hall–Kier alpha value is -3.42. The molecule has 2 heterocycles. The van der Waals surface area contributed by atoms with Crippen LogP contribution in [0.2, 0.25) is 0 Å². The summed E-state index contributed by atoms with van der Waals surface area (Å²) >= 11 is 0. The van der Waals surface area contributed by atoms with Crippen molar-refractivity contribution in [2.24, 2.45) is 0 Å². The Kier molecular flexibility index (Phi) is 6.12. The zero-order valence-corrected chi connectivity index (χ0v) is 18.3. The van der Waals surface area contributed by atoms with Crippen molar-refractivity contribution in [1.82, 2.24) is 14.0 Å². The summed E-state index contributed by atoms with van der Waals surface area (Å²) in [6, 6.07) is 13.2. The molecule has 0 N–H and O–H groups in total. The van der Waals surface area contributed by atoms with Gasteiger partial charge in [-0.05, 0) is 37.6 Å². The number of benzene rings is 2. The molecule has 168 valence electrons. The minimum atomic E-state index is -0.471. The van der Waals surface area contributed by atoms with E-state index in [0.717, 1.165) is 0 Å². The predicted molar refractivity (Wildman–Crippen MR) is 123 cm³/mol. The van der Waals surface area contributed by atoms with E-state index in [1.54, 1.807) is 47.4 Å². The van der Waals surface area contributed by atoms with Crippen LogP contribution in [-0.2, 0) is 11.3 Å². The van der Waals surface area contributed by atoms with Crippen LogP contribution in [0.5, 0.6) is 0 Å². The van der Waals surface area contributed by atoms with Crippen molar-refractivity contribution in [2.75, 3.05) is 31.1 Å². The van der Waals surface area contributed by atoms with Gasteiger partial charge in [0, 0.05) is 32.2 Å². The van der Waals surface area contributed by atoms with Crippen LogP contribution in [0.3, 0.4) is 0 Å². The molecule has 3 aromatic rings. The molecule has 1 aliphatic heterocycles. The van der Waals surface area contributed by atoms with Crippen molar-refractivity contribution in [3.05, 3.63) is 75.2 Å². The van der Waals surface area contributed by atoms with E-state index in [-0.39, 0.29) is 29.9 Å². The van der Waals surface area contributed by atoms with Gasteiger partial charge in [-0.2, -0.15) is 0 Å². The number of hydrogen-bond donors (Lipinski definition) is 0. The number of fused-ring (bicyclic) bond motifs is 1. The van der Waals surface area contributed by atoms with Crippen molar-refractivity contribution >= 4 is 22.5 Å². The van der Waals surface area contributed by atoms with E-state index in [1.165, 1.54) is 15.2 Å². The number of hydrogen-bond acceptors (Lipinski definition) is 4. The van der Waals surface area contributed by atoms with E-state index in [2.05, 4.69) is 0 Å². The smallest absolute Gasteiger partial charge is 0.332 e. The Morgan fingerprint density at radius 3 is 2.34 bits per heavy atom. The standard InChI is InChI=1S/C24H27FN4O3/c1-3-17(2)29-23(31)18-8-4-6-10-20(18)28(24(29)32)16-22(30)27-14-12-26(13-15-27)21-11-7-5-9-19(21)25/h4-11,17H,3,12-16H2,1-2H3/t17-/m0/s1. The average molecular weight is 439 g/mol. The van der Waals surface area contributed by atoms with Crippen LogP contribution in [0.25, 0.3) is 10.9 Å². The summed E-state index contributed by atoms with van der Waals surface area (Å²) < 4.78 is 16.7. The minimum absolute atomic E-state index is 0.143.